The molecule has 0 atom stereocenters. The fourth-order valence-electron chi connectivity index (χ4n) is 3.20. The van der Waals surface area contributed by atoms with Crippen molar-refractivity contribution in [3.05, 3.63) is 76.3 Å². The average Bonchev–Trinajstić information content (AvgIpc) is 3.30. The Balaban J connectivity index is 1.54. The number of anilines is 1. The molecule has 0 spiro atoms. The highest BCUT2D eigenvalue weighted by Crippen LogP contribution is 2.30. The van der Waals surface area contributed by atoms with Crippen molar-refractivity contribution in [2.45, 2.75) is 13.8 Å². The van der Waals surface area contributed by atoms with Gasteiger partial charge in [-0.15, -0.1) is 11.3 Å². The van der Waals surface area contributed by atoms with Gasteiger partial charge < -0.3 is 4.90 Å². The lowest BCUT2D eigenvalue weighted by molar-refractivity contribution is 0.0959. The van der Waals surface area contributed by atoms with E-state index in [4.69, 9.17) is 0 Å². The van der Waals surface area contributed by atoms with Gasteiger partial charge in [-0.1, -0.05) is 24.3 Å². The highest BCUT2D eigenvalue weighted by atomic mass is 32.1. The summed E-state index contributed by atoms with van der Waals surface area (Å²) in [5, 5.41) is 9.75. The van der Waals surface area contributed by atoms with Crippen LogP contribution in [-0.2, 0) is 0 Å². The highest BCUT2D eigenvalue weighted by molar-refractivity contribution is 7.20. The maximum atomic E-state index is 12.6. The van der Waals surface area contributed by atoms with Crippen LogP contribution in [0, 0.1) is 13.8 Å². The Hall–Kier alpha value is -3.45. The van der Waals surface area contributed by atoms with Crippen LogP contribution in [0.15, 0.2) is 59.7 Å². The summed E-state index contributed by atoms with van der Waals surface area (Å²) in [5.41, 5.74) is 7.70. The summed E-state index contributed by atoms with van der Waals surface area (Å²) in [6.07, 6.45) is 1.68. The van der Waals surface area contributed by atoms with E-state index in [0.29, 0.717) is 4.88 Å². The zero-order valence-corrected chi connectivity index (χ0v) is 18.2. The van der Waals surface area contributed by atoms with Crippen molar-refractivity contribution in [1.29, 1.82) is 0 Å². The molecule has 0 aliphatic rings. The van der Waals surface area contributed by atoms with E-state index < -0.39 is 0 Å². The Bertz CT molecular complexity index is 1240. The number of carbonyl (C=O) groups is 1. The van der Waals surface area contributed by atoms with Crippen molar-refractivity contribution in [1.82, 2.24) is 15.2 Å². The minimum atomic E-state index is -0.228. The lowest BCUT2D eigenvalue weighted by Gasteiger charge is -2.13. The predicted molar refractivity (Wildman–Crippen MR) is 124 cm³/mol. The standard InChI is InChI=1S/C23H23N5OS/c1-15-12-19(27(3)4)11-10-17(15)14-24-25-22(29)21-13-20-16(2)26-28(23(20)30-21)18-8-6-5-7-9-18/h5-14H,1-4H3,(H,25,29)/b24-14+. The Labute approximate surface area is 179 Å². The molecule has 0 saturated heterocycles. The summed E-state index contributed by atoms with van der Waals surface area (Å²) in [6, 6.07) is 17.9. The van der Waals surface area contributed by atoms with E-state index in [1.54, 1.807) is 6.21 Å². The van der Waals surface area contributed by atoms with Gasteiger partial charge >= 0.3 is 0 Å². The molecule has 7 heteroatoms. The van der Waals surface area contributed by atoms with Crippen LogP contribution in [0.25, 0.3) is 15.9 Å². The molecule has 0 aliphatic carbocycles. The Morgan fingerprint density at radius 1 is 1.13 bits per heavy atom. The lowest BCUT2D eigenvalue weighted by atomic mass is 10.1. The second-order valence-corrected chi connectivity index (χ2v) is 8.33. The molecule has 0 aliphatic heterocycles. The highest BCUT2D eigenvalue weighted by Gasteiger charge is 2.16. The molecule has 30 heavy (non-hydrogen) atoms. The monoisotopic (exact) mass is 417 g/mol. The first-order valence-corrected chi connectivity index (χ1v) is 10.4. The molecule has 4 rings (SSSR count). The van der Waals surface area contributed by atoms with Crippen LogP contribution in [0.3, 0.4) is 0 Å². The molecule has 4 aromatic rings. The van der Waals surface area contributed by atoms with Gasteiger partial charge in [0.1, 0.15) is 4.83 Å². The summed E-state index contributed by atoms with van der Waals surface area (Å²) in [7, 11) is 4.01. The van der Waals surface area contributed by atoms with E-state index in [1.807, 2.05) is 81.2 Å². The number of benzene rings is 2. The van der Waals surface area contributed by atoms with Crippen LogP contribution in [0.1, 0.15) is 26.5 Å². The summed E-state index contributed by atoms with van der Waals surface area (Å²) in [4.78, 5) is 16.2. The Kier molecular flexibility index (Phi) is 5.37. The maximum absolute atomic E-state index is 12.6. The molecule has 152 valence electrons. The Morgan fingerprint density at radius 2 is 1.90 bits per heavy atom. The van der Waals surface area contributed by atoms with Crippen molar-refractivity contribution >= 4 is 39.4 Å². The minimum Gasteiger partial charge on any atom is -0.378 e. The summed E-state index contributed by atoms with van der Waals surface area (Å²) in [5.74, 6) is -0.228. The van der Waals surface area contributed by atoms with Gasteiger partial charge in [-0.25, -0.2) is 10.1 Å². The molecule has 1 N–H and O–H groups in total. The Morgan fingerprint density at radius 3 is 2.60 bits per heavy atom. The van der Waals surface area contributed by atoms with E-state index in [-0.39, 0.29) is 5.91 Å². The van der Waals surface area contributed by atoms with E-state index >= 15 is 0 Å². The van der Waals surface area contributed by atoms with E-state index in [9.17, 15) is 4.79 Å². The number of fused-ring (bicyclic) bond motifs is 1. The average molecular weight is 418 g/mol. The molecule has 0 saturated carbocycles. The molecule has 0 fully saturated rings. The van der Waals surface area contributed by atoms with Gasteiger partial charge in [0.15, 0.2) is 0 Å². The number of hydrogen-bond donors (Lipinski definition) is 1. The number of hydrazone groups is 1. The first kappa shape index (κ1) is 19.8. The largest absolute Gasteiger partial charge is 0.378 e. The second kappa shape index (κ2) is 8.12. The van der Waals surface area contributed by atoms with Gasteiger partial charge in [-0.3, -0.25) is 4.79 Å². The number of hydrogen-bond acceptors (Lipinski definition) is 5. The lowest BCUT2D eigenvalue weighted by Crippen LogP contribution is -2.16. The van der Waals surface area contributed by atoms with E-state index in [1.165, 1.54) is 11.3 Å². The molecular weight excluding hydrogens is 394 g/mol. The number of amides is 1. The van der Waals surface area contributed by atoms with E-state index in [0.717, 1.165) is 38.4 Å². The van der Waals surface area contributed by atoms with Gasteiger partial charge in [0.25, 0.3) is 5.91 Å². The normalized spacial score (nSPS) is 11.3. The summed E-state index contributed by atoms with van der Waals surface area (Å²) < 4.78 is 1.88. The van der Waals surface area contributed by atoms with Crippen LogP contribution in [0.5, 0.6) is 0 Å². The smallest absolute Gasteiger partial charge is 0.281 e. The molecule has 6 nitrogen and oxygen atoms in total. The third kappa shape index (κ3) is 3.84. The number of nitrogens with zero attached hydrogens (tertiary/aromatic N) is 4. The number of para-hydroxylation sites is 1. The predicted octanol–water partition coefficient (Wildman–Crippen LogP) is 4.53. The van der Waals surface area contributed by atoms with Crippen LogP contribution in [0.4, 0.5) is 5.69 Å². The maximum Gasteiger partial charge on any atom is 0.281 e. The molecule has 0 radical (unpaired) electrons. The van der Waals surface area contributed by atoms with Crippen molar-refractivity contribution in [2.75, 3.05) is 19.0 Å². The van der Waals surface area contributed by atoms with Gasteiger partial charge in [0.05, 0.1) is 22.5 Å². The van der Waals surface area contributed by atoms with Gasteiger partial charge in [0.2, 0.25) is 0 Å². The molecule has 0 unspecified atom stereocenters. The number of aromatic nitrogens is 2. The molecule has 1 amide bonds. The summed E-state index contributed by atoms with van der Waals surface area (Å²) in [6.45, 7) is 3.98. The minimum absolute atomic E-state index is 0.228. The second-order valence-electron chi connectivity index (χ2n) is 7.30. The number of aryl methyl sites for hydroxylation is 2. The SMILES string of the molecule is Cc1cc(N(C)C)ccc1/C=N/NC(=O)c1cc2c(C)nn(-c3ccccc3)c2s1. The van der Waals surface area contributed by atoms with E-state index in [2.05, 4.69) is 26.6 Å². The first-order chi connectivity index (χ1) is 14.4. The molecule has 2 aromatic carbocycles. The number of thiophene rings is 1. The van der Waals surface area contributed by atoms with Crippen molar-refractivity contribution in [2.24, 2.45) is 5.10 Å². The third-order valence-electron chi connectivity index (χ3n) is 4.91. The third-order valence-corrected chi connectivity index (χ3v) is 6.02. The molecule has 2 heterocycles. The number of carbonyl (C=O) groups excluding carboxylic acids is 1. The zero-order valence-electron chi connectivity index (χ0n) is 17.4. The quantitative estimate of drug-likeness (QED) is 0.383. The zero-order chi connectivity index (χ0) is 21.3. The van der Waals surface area contributed by atoms with Crippen LogP contribution in [-0.4, -0.2) is 36.0 Å². The van der Waals surface area contributed by atoms with Crippen LogP contribution >= 0.6 is 11.3 Å². The van der Waals surface area contributed by atoms with Gasteiger partial charge in [-0.05, 0) is 55.3 Å². The first-order valence-electron chi connectivity index (χ1n) is 9.60. The van der Waals surface area contributed by atoms with Gasteiger partial charge in [0, 0.05) is 25.2 Å². The topological polar surface area (TPSA) is 62.5 Å². The van der Waals surface area contributed by atoms with Crippen LogP contribution < -0.4 is 10.3 Å². The van der Waals surface area contributed by atoms with Crippen LogP contribution in [0.2, 0.25) is 0 Å². The fraction of sp³-hybridized carbons (Fsp3) is 0.174. The molecule has 0 bridgehead atoms. The van der Waals surface area contributed by atoms with Crippen molar-refractivity contribution < 1.29 is 4.79 Å². The van der Waals surface area contributed by atoms with Crippen molar-refractivity contribution in [3.8, 4) is 5.69 Å². The summed E-state index contributed by atoms with van der Waals surface area (Å²) >= 11 is 1.41. The number of rotatable bonds is 5. The molecule has 2 aromatic heterocycles. The number of nitrogens with one attached hydrogen (secondary N) is 1. The fourth-order valence-corrected chi connectivity index (χ4v) is 4.27. The molecular formula is C23H23N5OS. The van der Waals surface area contributed by atoms with Gasteiger partial charge in [-0.2, -0.15) is 10.2 Å². The van der Waals surface area contributed by atoms with Crippen molar-refractivity contribution in [3.63, 3.8) is 0 Å².